The molecule has 5 rings (SSSR count). The molecular formula is C29H32N6O2. The van der Waals surface area contributed by atoms with Crippen LogP contribution in [0.15, 0.2) is 90.0 Å². The first-order valence-electron chi connectivity index (χ1n) is 12.6. The number of hydrazone groups is 1. The van der Waals surface area contributed by atoms with Crippen molar-refractivity contribution in [3.05, 3.63) is 96.1 Å². The Balaban J connectivity index is 1.37. The highest BCUT2D eigenvalue weighted by molar-refractivity contribution is 6.24. The van der Waals surface area contributed by atoms with Gasteiger partial charge >= 0.3 is 0 Å². The van der Waals surface area contributed by atoms with Crippen LogP contribution in [0.2, 0.25) is 0 Å². The number of nitrogens with zero attached hydrogens (tertiary/aromatic N) is 4. The third-order valence-corrected chi connectivity index (χ3v) is 6.96. The quantitative estimate of drug-likeness (QED) is 0.489. The maximum atomic E-state index is 13.6. The smallest absolute Gasteiger partial charge is 0.272 e. The van der Waals surface area contributed by atoms with Gasteiger partial charge in [-0.25, -0.2) is 5.43 Å². The minimum Gasteiger partial charge on any atom is -0.339 e. The molecule has 1 atom stereocenters. The zero-order valence-electron chi connectivity index (χ0n) is 21.2. The van der Waals surface area contributed by atoms with Gasteiger partial charge in [-0.1, -0.05) is 54.6 Å². The summed E-state index contributed by atoms with van der Waals surface area (Å²) in [5.74, 6) is -0.239. The van der Waals surface area contributed by atoms with Gasteiger partial charge < -0.3 is 15.2 Å². The number of hydrogen-bond acceptors (Lipinski definition) is 6. The van der Waals surface area contributed by atoms with Gasteiger partial charge in [-0.3, -0.25) is 9.59 Å². The molecule has 8 heteroatoms. The third-order valence-electron chi connectivity index (χ3n) is 6.96. The van der Waals surface area contributed by atoms with E-state index in [4.69, 9.17) is 5.10 Å². The minimum atomic E-state index is -0.702. The van der Waals surface area contributed by atoms with Crippen LogP contribution in [0.25, 0.3) is 0 Å². The Morgan fingerprint density at radius 2 is 1.59 bits per heavy atom. The van der Waals surface area contributed by atoms with Gasteiger partial charge in [0, 0.05) is 35.9 Å². The summed E-state index contributed by atoms with van der Waals surface area (Å²) in [6.07, 6.45) is 1.91. The highest BCUT2D eigenvalue weighted by Gasteiger charge is 2.38. The first kappa shape index (κ1) is 24.7. The number of hydrogen-bond donors (Lipinski definition) is 2. The largest absolute Gasteiger partial charge is 0.339 e. The van der Waals surface area contributed by atoms with Gasteiger partial charge in [0.2, 0.25) is 0 Å². The lowest BCUT2D eigenvalue weighted by Gasteiger charge is -2.35. The van der Waals surface area contributed by atoms with Gasteiger partial charge in [-0.05, 0) is 57.3 Å². The summed E-state index contributed by atoms with van der Waals surface area (Å²) in [5.41, 5.74) is 9.70. The van der Waals surface area contributed by atoms with Gasteiger partial charge in [-0.2, -0.15) is 10.1 Å². The lowest BCUT2D eigenvalue weighted by atomic mass is 10.0. The van der Waals surface area contributed by atoms with Crippen LogP contribution in [0, 0.1) is 0 Å². The number of amides is 2. The van der Waals surface area contributed by atoms with Gasteiger partial charge in [-0.15, -0.1) is 0 Å². The second-order valence-electron chi connectivity index (χ2n) is 9.61. The molecule has 2 N–H and O–H groups in total. The minimum absolute atomic E-state index is 0.0154. The molecule has 0 spiro atoms. The van der Waals surface area contributed by atoms with E-state index in [1.165, 1.54) is 5.01 Å². The van der Waals surface area contributed by atoms with Crippen molar-refractivity contribution in [2.24, 2.45) is 5.10 Å². The number of rotatable bonds is 7. The predicted octanol–water partition coefficient (Wildman–Crippen LogP) is 3.59. The molecule has 190 valence electrons. The fourth-order valence-corrected chi connectivity index (χ4v) is 4.82. The molecule has 2 heterocycles. The summed E-state index contributed by atoms with van der Waals surface area (Å²) in [7, 11) is 4.17. The zero-order chi connectivity index (χ0) is 25.8. The molecule has 2 amide bonds. The lowest BCUT2D eigenvalue weighted by molar-refractivity contribution is -0.118. The van der Waals surface area contributed by atoms with Gasteiger partial charge in [0.15, 0.2) is 6.04 Å². The molecule has 37 heavy (non-hydrogen) atoms. The van der Waals surface area contributed by atoms with Gasteiger partial charge in [0.1, 0.15) is 0 Å². The van der Waals surface area contributed by atoms with E-state index in [-0.39, 0.29) is 11.8 Å². The van der Waals surface area contributed by atoms with Crippen molar-refractivity contribution in [2.45, 2.75) is 24.9 Å². The third kappa shape index (κ3) is 5.40. The Morgan fingerprint density at radius 1 is 0.919 bits per heavy atom. The molecule has 2 aliphatic heterocycles. The molecule has 1 saturated heterocycles. The average molecular weight is 497 g/mol. The number of carbonyl (C=O) groups is 2. The van der Waals surface area contributed by atoms with Crippen molar-refractivity contribution in [3.63, 3.8) is 0 Å². The number of anilines is 2. The molecule has 1 unspecified atom stereocenters. The Kier molecular flexibility index (Phi) is 7.30. The number of para-hydroxylation sites is 1. The van der Waals surface area contributed by atoms with Crippen molar-refractivity contribution in [3.8, 4) is 0 Å². The zero-order valence-corrected chi connectivity index (χ0v) is 21.2. The van der Waals surface area contributed by atoms with E-state index in [0.717, 1.165) is 37.2 Å². The Morgan fingerprint density at radius 3 is 2.27 bits per heavy atom. The maximum Gasteiger partial charge on any atom is 0.272 e. The topological polar surface area (TPSA) is 80.3 Å². The Hall–Kier alpha value is -4.01. The number of piperidine rings is 1. The van der Waals surface area contributed by atoms with Crippen LogP contribution in [0.4, 0.5) is 11.4 Å². The standard InChI is InChI=1S/C29H32N6O2/c1-33(2)24-16-18-34(19-17-24)28(36)22-12-9-15-25(20-22)35-29(37)27(31-30-23-13-7-4-8-14-23)26(32-35)21-10-5-3-6-11-21/h3-15,20,24,27,30-31H,16-19H2,1-2H3. The normalized spacial score (nSPS) is 18.3. The number of hydrazine groups is 1. The monoisotopic (exact) mass is 496 g/mol. The summed E-state index contributed by atoms with van der Waals surface area (Å²) in [5, 5.41) is 6.10. The summed E-state index contributed by atoms with van der Waals surface area (Å²) < 4.78 is 0. The summed E-state index contributed by atoms with van der Waals surface area (Å²) in [6.45, 7) is 1.45. The van der Waals surface area contributed by atoms with Crippen LogP contribution in [-0.2, 0) is 4.79 Å². The summed E-state index contributed by atoms with van der Waals surface area (Å²) in [4.78, 5) is 31.0. The highest BCUT2D eigenvalue weighted by atomic mass is 16.2. The highest BCUT2D eigenvalue weighted by Crippen LogP contribution is 2.26. The molecule has 2 aliphatic rings. The van der Waals surface area contributed by atoms with Crippen LogP contribution < -0.4 is 15.9 Å². The maximum absolute atomic E-state index is 13.6. The van der Waals surface area contributed by atoms with Crippen molar-refractivity contribution >= 4 is 28.9 Å². The summed E-state index contributed by atoms with van der Waals surface area (Å²) in [6, 6.07) is 26.2. The van der Waals surface area contributed by atoms with E-state index in [9.17, 15) is 9.59 Å². The van der Waals surface area contributed by atoms with Crippen molar-refractivity contribution in [1.82, 2.24) is 15.2 Å². The van der Waals surface area contributed by atoms with E-state index < -0.39 is 6.04 Å². The number of benzene rings is 3. The Labute approximate surface area is 217 Å². The first-order chi connectivity index (χ1) is 18.0. The predicted molar refractivity (Wildman–Crippen MR) is 147 cm³/mol. The number of carbonyl (C=O) groups excluding carboxylic acids is 2. The van der Waals surface area contributed by atoms with Crippen LogP contribution in [-0.4, -0.2) is 66.6 Å². The SMILES string of the molecule is CN(C)C1CCN(C(=O)c2cccc(N3N=C(c4ccccc4)C(NNc4ccccc4)C3=O)c2)CC1. The second kappa shape index (κ2) is 10.9. The molecule has 3 aromatic carbocycles. The molecule has 8 nitrogen and oxygen atoms in total. The van der Waals surface area contributed by atoms with E-state index in [2.05, 4.69) is 29.8 Å². The van der Waals surface area contributed by atoms with E-state index in [1.54, 1.807) is 12.1 Å². The van der Waals surface area contributed by atoms with Gasteiger partial charge in [0.25, 0.3) is 11.8 Å². The lowest BCUT2D eigenvalue weighted by Crippen LogP contribution is -2.46. The molecular weight excluding hydrogens is 464 g/mol. The average Bonchev–Trinajstić information content (AvgIpc) is 3.28. The molecule has 0 radical (unpaired) electrons. The van der Waals surface area contributed by atoms with Crippen LogP contribution >= 0.6 is 0 Å². The van der Waals surface area contributed by atoms with Crippen LogP contribution in [0.5, 0.6) is 0 Å². The van der Waals surface area contributed by atoms with E-state index >= 15 is 0 Å². The van der Waals surface area contributed by atoms with E-state index in [1.807, 2.05) is 77.7 Å². The first-order valence-corrected chi connectivity index (χ1v) is 12.6. The second-order valence-corrected chi connectivity index (χ2v) is 9.61. The van der Waals surface area contributed by atoms with Crippen molar-refractivity contribution in [2.75, 3.05) is 37.6 Å². The molecule has 0 saturated carbocycles. The van der Waals surface area contributed by atoms with Gasteiger partial charge in [0.05, 0.1) is 11.4 Å². The molecule has 3 aromatic rings. The van der Waals surface area contributed by atoms with Crippen LogP contribution in [0.3, 0.4) is 0 Å². The van der Waals surface area contributed by atoms with Crippen molar-refractivity contribution < 1.29 is 9.59 Å². The summed E-state index contributed by atoms with van der Waals surface area (Å²) >= 11 is 0. The van der Waals surface area contributed by atoms with Crippen LogP contribution in [0.1, 0.15) is 28.8 Å². The molecule has 0 aliphatic carbocycles. The molecule has 1 fully saturated rings. The molecule has 0 aromatic heterocycles. The Bertz CT molecular complexity index is 1270. The van der Waals surface area contributed by atoms with Crippen molar-refractivity contribution in [1.29, 1.82) is 0 Å². The number of nitrogens with one attached hydrogen (secondary N) is 2. The fraction of sp³-hybridized carbons (Fsp3) is 0.276. The van der Waals surface area contributed by atoms with E-state index in [0.29, 0.717) is 23.0 Å². The number of likely N-dealkylation sites (tertiary alicyclic amines) is 1. The fourth-order valence-electron chi connectivity index (χ4n) is 4.82. The molecule has 0 bridgehead atoms.